The third-order valence-electron chi connectivity index (χ3n) is 2.25. The molecule has 0 atom stereocenters. The Hall–Kier alpha value is -1.73. The van der Waals surface area contributed by atoms with E-state index in [0.717, 1.165) is 5.01 Å². The average Bonchev–Trinajstić information content (AvgIpc) is 2.75. The number of halogens is 1. The zero-order valence-electron chi connectivity index (χ0n) is 9.81. The number of nitrogens with zero attached hydrogens (tertiary/aromatic N) is 1. The summed E-state index contributed by atoms with van der Waals surface area (Å²) >= 11 is 4.49. The molecule has 0 aliphatic heterocycles. The molecule has 1 heterocycles. The van der Waals surface area contributed by atoms with E-state index in [1.165, 1.54) is 29.7 Å². The highest BCUT2D eigenvalue weighted by Crippen LogP contribution is 2.21. The summed E-state index contributed by atoms with van der Waals surface area (Å²) in [7, 11) is 0. The molecule has 0 aliphatic rings. The molecule has 1 amide bonds. The summed E-state index contributed by atoms with van der Waals surface area (Å²) in [5, 5.41) is 12.4. The number of thiazole rings is 1. The van der Waals surface area contributed by atoms with E-state index in [2.05, 4.69) is 26.2 Å². The van der Waals surface area contributed by atoms with Crippen LogP contribution in [0.25, 0.3) is 0 Å². The molecular formula is C12H9BrN2O3S. The van der Waals surface area contributed by atoms with Gasteiger partial charge in [-0.05, 0) is 25.1 Å². The van der Waals surface area contributed by atoms with Gasteiger partial charge in [-0.1, -0.05) is 15.9 Å². The van der Waals surface area contributed by atoms with Gasteiger partial charge in [0.25, 0.3) is 5.91 Å². The van der Waals surface area contributed by atoms with Crippen LogP contribution in [0.5, 0.6) is 0 Å². The van der Waals surface area contributed by atoms with Gasteiger partial charge < -0.3 is 10.4 Å². The van der Waals surface area contributed by atoms with E-state index in [1.807, 2.05) is 6.92 Å². The van der Waals surface area contributed by atoms with Crippen LogP contribution in [0.2, 0.25) is 0 Å². The molecule has 19 heavy (non-hydrogen) atoms. The molecule has 0 radical (unpaired) electrons. The first-order chi connectivity index (χ1) is 8.95. The van der Waals surface area contributed by atoms with Gasteiger partial charge in [-0.25, -0.2) is 9.78 Å². The first-order valence-corrected chi connectivity index (χ1v) is 6.84. The molecular weight excluding hydrogens is 332 g/mol. The number of anilines is 1. The molecule has 5 nitrogen and oxygen atoms in total. The standard InChI is InChI=1S/C12H9BrN2O3S/c1-6-14-5-10(19-6)11(16)15-9-3-7(12(17)18)2-8(13)4-9/h2-5H,1H3,(H,15,16)(H,17,18). The highest BCUT2D eigenvalue weighted by atomic mass is 79.9. The van der Waals surface area contributed by atoms with Crippen molar-refractivity contribution in [2.75, 3.05) is 5.32 Å². The van der Waals surface area contributed by atoms with Gasteiger partial charge in [-0.2, -0.15) is 0 Å². The fourth-order valence-electron chi connectivity index (χ4n) is 1.44. The maximum atomic E-state index is 11.9. The Morgan fingerprint density at radius 2 is 2.11 bits per heavy atom. The van der Waals surface area contributed by atoms with Crippen molar-refractivity contribution in [1.29, 1.82) is 0 Å². The molecule has 0 saturated heterocycles. The summed E-state index contributed by atoms with van der Waals surface area (Å²) < 4.78 is 0.586. The lowest BCUT2D eigenvalue weighted by molar-refractivity contribution is 0.0696. The average molecular weight is 341 g/mol. The minimum atomic E-state index is -1.05. The van der Waals surface area contributed by atoms with Crippen LogP contribution in [0.15, 0.2) is 28.9 Å². The number of aryl methyl sites for hydroxylation is 1. The Bertz CT molecular complexity index is 654. The molecule has 0 unspecified atom stereocenters. The minimum Gasteiger partial charge on any atom is -0.478 e. The zero-order chi connectivity index (χ0) is 14.0. The summed E-state index contributed by atoms with van der Waals surface area (Å²) in [6.07, 6.45) is 1.49. The number of hydrogen-bond donors (Lipinski definition) is 2. The van der Waals surface area contributed by atoms with Gasteiger partial charge in [0, 0.05) is 10.2 Å². The molecule has 2 rings (SSSR count). The van der Waals surface area contributed by atoms with Gasteiger partial charge >= 0.3 is 5.97 Å². The molecule has 0 spiro atoms. The second-order valence-corrected chi connectivity index (χ2v) is 5.88. The van der Waals surface area contributed by atoms with Crippen LogP contribution in [0.3, 0.4) is 0 Å². The Balaban J connectivity index is 2.23. The normalized spacial score (nSPS) is 10.2. The van der Waals surface area contributed by atoms with Crippen molar-refractivity contribution in [2.45, 2.75) is 6.92 Å². The minimum absolute atomic E-state index is 0.102. The molecule has 2 N–H and O–H groups in total. The van der Waals surface area contributed by atoms with Crippen LogP contribution in [0.4, 0.5) is 5.69 Å². The van der Waals surface area contributed by atoms with Crippen LogP contribution in [-0.4, -0.2) is 22.0 Å². The zero-order valence-corrected chi connectivity index (χ0v) is 12.2. The van der Waals surface area contributed by atoms with Gasteiger partial charge in [0.15, 0.2) is 0 Å². The topological polar surface area (TPSA) is 79.3 Å². The predicted octanol–water partition coefficient (Wildman–Crippen LogP) is 3.16. The molecule has 0 aliphatic carbocycles. The lowest BCUT2D eigenvalue weighted by Gasteiger charge is -2.05. The SMILES string of the molecule is Cc1ncc(C(=O)Nc2cc(Br)cc(C(=O)O)c2)s1. The highest BCUT2D eigenvalue weighted by Gasteiger charge is 2.11. The predicted molar refractivity (Wildman–Crippen MR) is 75.9 cm³/mol. The third kappa shape index (κ3) is 3.39. The fourth-order valence-corrected chi connectivity index (χ4v) is 2.61. The summed E-state index contributed by atoms with van der Waals surface area (Å²) in [6.45, 7) is 1.81. The summed E-state index contributed by atoms with van der Waals surface area (Å²) in [5.41, 5.74) is 0.521. The maximum absolute atomic E-state index is 11.9. The Kier molecular flexibility index (Phi) is 3.96. The van der Waals surface area contributed by atoms with Crippen molar-refractivity contribution >= 4 is 44.8 Å². The number of aromatic carboxylic acids is 1. The second-order valence-electron chi connectivity index (χ2n) is 3.73. The number of hydrogen-bond acceptors (Lipinski definition) is 4. The molecule has 0 fully saturated rings. The van der Waals surface area contributed by atoms with Gasteiger partial charge in [0.2, 0.25) is 0 Å². The summed E-state index contributed by atoms with van der Waals surface area (Å²) in [4.78, 5) is 27.3. The monoisotopic (exact) mass is 340 g/mol. The number of nitrogens with one attached hydrogen (secondary N) is 1. The van der Waals surface area contributed by atoms with Gasteiger partial charge in [0.1, 0.15) is 4.88 Å². The molecule has 98 valence electrons. The number of carboxylic acids is 1. The molecule has 0 bridgehead atoms. The fraction of sp³-hybridized carbons (Fsp3) is 0.0833. The second kappa shape index (κ2) is 5.50. The number of rotatable bonds is 3. The lowest BCUT2D eigenvalue weighted by atomic mass is 10.2. The van der Waals surface area contributed by atoms with Crippen LogP contribution in [0.1, 0.15) is 25.0 Å². The van der Waals surface area contributed by atoms with E-state index in [1.54, 1.807) is 6.07 Å². The van der Waals surface area contributed by atoms with E-state index in [4.69, 9.17) is 5.11 Å². The van der Waals surface area contributed by atoms with Crippen molar-refractivity contribution in [3.05, 3.63) is 44.3 Å². The van der Waals surface area contributed by atoms with E-state index in [9.17, 15) is 9.59 Å². The van der Waals surface area contributed by atoms with E-state index in [0.29, 0.717) is 15.0 Å². The molecule has 7 heteroatoms. The first kappa shape index (κ1) is 13.7. The van der Waals surface area contributed by atoms with Crippen LogP contribution in [0, 0.1) is 6.92 Å². The Labute approximate surface area is 121 Å². The first-order valence-electron chi connectivity index (χ1n) is 5.23. The van der Waals surface area contributed by atoms with Crippen molar-refractivity contribution in [3.63, 3.8) is 0 Å². The van der Waals surface area contributed by atoms with E-state index >= 15 is 0 Å². The number of carbonyl (C=O) groups is 2. The lowest BCUT2D eigenvalue weighted by Crippen LogP contribution is -2.11. The van der Waals surface area contributed by atoms with Crippen LogP contribution >= 0.6 is 27.3 Å². The maximum Gasteiger partial charge on any atom is 0.335 e. The van der Waals surface area contributed by atoms with Gasteiger partial charge in [-0.3, -0.25) is 4.79 Å². The van der Waals surface area contributed by atoms with Gasteiger partial charge in [-0.15, -0.1) is 11.3 Å². The number of carboxylic acid groups (broad SMARTS) is 1. The highest BCUT2D eigenvalue weighted by molar-refractivity contribution is 9.10. The molecule has 1 aromatic heterocycles. The van der Waals surface area contributed by atoms with Gasteiger partial charge in [0.05, 0.1) is 16.8 Å². The largest absolute Gasteiger partial charge is 0.478 e. The van der Waals surface area contributed by atoms with E-state index in [-0.39, 0.29) is 11.5 Å². The number of carbonyl (C=O) groups excluding carboxylic acids is 1. The molecule has 0 saturated carbocycles. The van der Waals surface area contributed by atoms with Crippen LogP contribution in [-0.2, 0) is 0 Å². The summed E-state index contributed by atoms with van der Waals surface area (Å²) in [6, 6.07) is 4.51. The quantitative estimate of drug-likeness (QED) is 0.899. The van der Waals surface area contributed by atoms with Crippen molar-refractivity contribution < 1.29 is 14.7 Å². The number of amides is 1. The van der Waals surface area contributed by atoms with Crippen molar-refractivity contribution in [3.8, 4) is 0 Å². The Morgan fingerprint density at radius 1 is 1.37 bits per heavy atom. The van der Waals surface area contributed by atoms with Crippen molar-refractivity contribution in [1.82, 2.24) is 4.98 Å². The van der Waals surface area contributed by atoms with Crippen molar-refractivity contribution in [2.24, 2.45) is 0 Å². The summed E-state index contributed by atoms with van der Waals surface area (Å²) in [5.74, 6) is -1.36. The Morgan fingerprint density at radius 3 is 2.68 bits per heavy atom. The number of benzene rings is 1. The van der Waals surface area contributed by atoms with E-state index < -0.39 is 5.97 Å². The molecule has 1 aromatic carbocycles. The third-order valence-corrected chi connectivity index (χ3v) is 3.62. The smallest absolute Gasteiger partial charge is 0.335 e. The number of aromatic nitrogens is 1. The van der Waals surface area contributed by atoms with Crippen LogP contribution < -0.4 is 5.32 Å². The molecule has 2 aromatic rings.